The van der Waals surface area contributed by atoms with Gasteiger partial charge >= 0.3 is 12.3 Å². The number of hydrogen-bond donors (Lipinski definition) is 2. The summed E-state index contributed by atoms with van der Waals surface area (Å²) in [6.45, 7) is 3.90. The number of hydrogen-bond acceptors (Lipinski definition) is 1. The molecule has 1 amide bonds. The van der Waals surface area contributed by atoms with E-state index >= 15 is 0 Å². The molecule has 0 saturated carbocycles. The van der Waals surface area contributed by atoms with Crippen molar-refractivity contribution in [1.82, 2.24) is 5.32 Å². The molecule has 2 aromatic carbocycles. The highest BCUT2D eigenvalue weighted by Gasteiger charge is 2.40. The Morgan fingerprint density at radius 3 is 2.54 bits per heavy atom. The first-order valence-corrected chi connectivity index (χ1v) is 8.36. The molecule has 0 saturated heterocycles. The average molecular weight is 384 g/mol. The van der Waals surface area contributed by atoms with E-state index in [1.807, 2.05) is 13.8 Å². The van der Waals surface area contributed by atoms with Crippen LogP contribution in [0.1, 0.15) is 36.6 Å². The number of alkyl halides is 3. The van der Waals surface area contributed by atoms with E-state index < -0.39 is 17.8 Å². The molecule has 0 aromatic heterocycles. The van der Waals surface area contributed by atoms with Crippen molar-refractivity contribution in [2.45, 2.75) is 32.5 Å². The van der Waals surface area contributed by atoms with Crippen molar-refractivity contribution in [2.24, 2.45) is 5.41 Å². The van der Waals surface area contributed by atoms with Gasteiger partial charge in [-0.15, -0.1) is 0 Å². The fraction of sp³-hybridized carbons (Fsp3) is 0.316. The van der Waals surface area contributed by atoms with Gasteiger partial charge in [-0.2, -0.15) is 13.2 Å². The van der Waals surface area contributed by atoms with E-state index in [-0.39, 0.29) is 16.5 Å². The van der Waals surface area contributed by atoms with Crippen molar-refractivity contribution in [3.63, 3.8) is 0 Å². The van der Waals surface area contributed by atoms with Gasteiger partial charge in [0.25, 0.3) is 0 Å². The van der Waals surface area contributed by atoms with Crippen LogP contribution in [-0.2, 0) is 12.6 Å². The number of carboxylic acid groups (broad SMARTS) is 1. The predicted octanol–water partition coefficient (Wildman–Crippen LogP) is 5.92. The summed E-state index contributed by atoms with van der Waals surface area (Å²) in [5.41, 5.74) is 1.52. The van der Waals surface area contributed by atoms with Crippen molar-refractivity contribution in [2.75, 3.05) is 0 Å². The second-order valence-electron chi connectivity index (χ2n) is 7.15. The lowest BCUT2D eigenvalue weighted by Crippen LogP contribution is -2.34. The van der Waals surface area contributed by atoms with E-state index in [2.05, 4.69) is 5.32 Å². The maximum Gasteiger partial charge on any atom is 0.416 e. The van der Waals surface area contributed by atoms with Gasteiger partial charge in [0.05, 0.1) is 11.6 Å². The molecular weight excluding hydrogens is 367 g/mol. The summed E-state index contributed by atoms with van der Waals surface area (Å²) in [4.78, 5) is 11.1. The van der Waals surface area contributed by atoms with Gasteiger partial charge in [0.15, 0.2) is 0 Å². The van der Waals surface area contributed by atoms with Crippen LogP contribution in [0.2, 0.25) is 5.02 Å². The van der Waals surface area contributed by atoms with Crippen LogP contribution in [0.25, 0.3) is 11.1 Å². The summed E-state index contributed by atoms with van der Waals surface area (Å²) in [6, 6.07) is 8.09. The molecule has 0 fully saturated rings. The molecule has 0 aliphatic heterocycles. The summed E-state index contributed by atoms with van der Waals surface area (Å²) in [7, 11) is 0. The lowest BCUT2D eigenvalue weighted by atomic mass is 9.85. The number of halogens is 4. The average Bonchev–Trinajstić information content (AvgIpc) is 2.75. The molecular formula is C19H17ClF3NO2. The Balaban J connectivity index is 2.05. The van der Waals surface area contributed by atoms with Gasteiger partial charge in [-0.05, 0) is 46.7 Å². The summed E-state index contributed by atoms with van der Waals surface area (Å²) < 4.78 is 39.0. The molecule has 2 N–H and O–H groups in total. The Morgan fingerprint density at radius 1 is 1.23 bits per heavy atom. The van der Waals surface area contributed by atoms with Gasteiger partial charge in [-0.1, -0.05) is 43.6 Å². The first-order valence-electron chi connectivity index (χ1n) is 7.98. The third-order valence-electron chi connectivity index (χ3n) is 4.75. The van der Waals surface area contributed by atoms with Crippen LogP contribution in [0.4, 0.5) is 18.0 Å². The third-order valence-corrected chi connectivity index (χ3v) is 5.08. The molecule has 0 radical (unpaired) electrons. The minimum atomic E-state index is -4.45. The summed E-state index contributed by atoms with van der Waals surface area (Å²) >= 11 is 6.13. The normalized spacial score (nSPS) is 18.5. The minimum Gasteiger partial charge on any atom is -0.465 e. The quantitative estimate of drug-likeness (QED) is 0.676. The summed E-state index contributed by atoms with van der Waals surface area (Å²) in [5.74, 6) is 0. The zero-order valence-electron chi connectivity index (χ0n) is 14.1. The van der Waals surface area contributed by atoms with Crippen molar-refractivity contribution >= 4 is 17.7 Å². The highest BCUT2D eigenvalue weighted by molar-refractivity contribution is 6.33. The number of fused-ring (bicyclic) bond motifs is 1. The monoisotopic (exact) mass is 383 g/mol. The van der Waals surface area contributed by atoms with Crippen LogP contribution >= 0.6 is 11.6 Å². The SMILES string of the molecule is CC1(C)Cc2cc(-c3cc(C(F)(F)F)ccc3Cl)ccc2C1NC(=O)O. The molecule has 3 rings (SSSR count). The number of rotatable bonds is 2. The number of amides is 1. The zero-order chi connectivity index (χ0) is 19.3. The Labute approximate surface area is 153 Å². The van der Waals surface area contributed by atoms with Crippen LogP contribution in [0, 0.1) is 5.41 Å². The molecule has 0 spiro atoms. The van der Waals surface area contributed by atoms with E-state index in [1.165, 1.54) is 6.07 Å². The lowest BCUT2D eigenvalue weighted by Gasteiger charge is -2.27. The van der Waals surface area contributed by atoms with Gasteiger partial charge < -0.3 is 10.4 Å². The van der Waals surface area contributed by atoms with E-state index in [4.69, 9.17) is 16.7 Å². The van der Waals surface area contributed by atoms with Crippen LogP contribution in [0.15, 0.2) is 36.4 Å². The molecule has 2 aromatic rings. The Morgan fingerprint density at radius 2 is 1.92 bits per heavy atom. The molecule has 1 unspecified atom stereocenters. The van der Waals surface area contributed by atoms with Gasteiger partial charge in [0.2, 0.25) is 0 Å². The van der Waals surface area contributed by atoms with E-state index in [0.717, 1.165) is 23.3 Å². The van der Waals surface area contributed by atoms with E-state index in [9.17, 15) is 18.0 Å². The minimum absolute atomic E-state index is 0.232. The standard InChI is InChI=1S/C19H17ClF3NO2/c1-18(2)9-11-7-10(3-5-13(11)16(18)24-17(25)26)14-8-12(19(21,22)23)4-6-15(14)20/h3-8,16,24H,9H2,1-2H3,(H,25,26). The van der Waals surface area contributed by atoms with Gasteiger partial charge in [0.1, 0.15) is 0 Å². The molecule has 26 heavy (non-hydrogen) atoms. The smallest absolute Gasteiger partial charge is 0.416 e. The first-order chi connectivity index (χ1) is 12.0. The fourth-order valence-electron chi connectivity index (χ4n) is 3.54. The Hall–Kier alpha value is -2.21. The van der Waals surface area contributed by atoms with E-state index in [1.54, 1.807) is 18.2 Å². The predicted molar refractivity (Wildman–Crippen MR) is 93.3 cm³/mol. The molecule has 1 aliphatic carbocycles. The van der Waals surface area contributed by atoms with Crippen LogP contribution < -0.4 is 5.32 Å². The Bertz CT molecular complexity index is 878. The largest absolute Gasteiger partial charge is 0.465 e. The van der Waals surface area contributed by atoms with Crippen molar-refractivity contribution in [3.8, 4) is 11.1 Å². The van der Waals surface area contributed by atoms with Crippen molar-refractivity contribution < 1.29 is 23.1 Å². The number of benzene rings is 2. The maximum absolute atomic E-state index is 13.0. The molecule has 0 heterocycles. The highest BCUT2D eigenvalue weighted by Crippen LogP contribution is 2.46. The maximum atomic E-state index is 13.0. The fourth-order valence-corrected chi connectivity index (χ4v) is 3.77. The number of nitrogens with one attached hydrogen (secondary N) is 1. The van der Waals surface area contributed by atoms with Crippen LogP contribution in [0.3, 0.4) is 0 Å². The van der Waals surface area contributed by atoms with Crippen molar-refractivity contribution in [3.05, 3.63) is 58.1 Å². The molecule has 7 heteroatoms. The van der Waals surface area contributed by atoms with Gasteiger partial charge in [0, 0.05) is 10.6 Å². The molecule has 138 valence electrons. The lowest BCUT2D eigenvalue weighted by molar-refractivity contribution is -0.137. The van der Waals surface area contributed by atoms with Crippen molar-refractivity contribution in [1.29, 1.82) is 0 Å². The topological polar surface area (TPSA) is 49.3 Å². The molecule has 0 bridgehead atoms. The first kappa shape index (κ1) is 18.6. The van der Waals surface area contributed by atoms with Crippen LogP contribution in [-0.4, -0.2) is 11.2 Å². The third kappa shape index (κ3) is 3.38. The second kappa shape index (κ2) is 6.20. The van der Waals surface area contributed by atoms with Gasteiger partial charge in [-0.3, -0.25) is 0 Å². The Kier molecular flexibility index (Phi) is 4.43. The zero-order valence-corrected chi connectivity index (χ0v) is 14.9. The van der Waals surface area contributed by atoms with E-state index in [0.29, 0.717) is 17.5 Å². The second-order valence-corrected chi connectivity index (χ2v) is 7.56. The number of carbonyl (C=O) groups is 1. The summed E-state index contributed by atoms with van der Waals surface area (Å²) in [5, 5.41) is 11.8. The highest BCUT2D eigenvalue weighted by atomic mass is 35.5. The summed E-state index contributed by atoms with van der Waals surface area (Å²) in [6.07, 6.45) is -4.95. The van der Waals surface area contributed by atoms with Gasteiger partial charge in [-0.25, -0.2) is 4.79 Å². The molecule has 3 nitrogen and oxygen atoms in total. The van der Waals surface area contributed by atoms with Crippen LogP contribution in [0.5, 0.6) is 0 Å². The molecule has 1 aliphatic rings. The molecule has 1 atom stereocenters.